The summed E-state index contributed by atoms with van der Waals surface area (Å²) in [5.74, 6) is -1.28. The van der Waals surface area contributed by atoms with Gasteiger partial charge in [0.25, 0.3) is 11.8 Å². The number of carbonyl (C=O) groups is 2. The Balaban J connectivity index is 1.65. The van der Waals surface area contributed by atoms with Gasteiger partial charge in [0, 0.05) is 18.7 Å². The predicted octanol–water partition coefficient (Wildman–Crippen LogP) is 4.85. The van der Waals surface area contributed by atoms with Crippen LogP contribution >= 0.6 is 0 Å². The second-order valence-corrected chi connectivity index (χ2v) is 7.07. The summed E-state index contributed by atoms with van der Waals surface area (Å²) < 4.78 is 45.4. The molecule has 0 spiro atoms. The number of anilines is 1. The molecule has 1 N–H and O–H groups in total. The molecule has 0 aliphatic carbocycles. The molecule has 1 aromatic heterocycles. The van der Waals surface area contributed by atoms with Gasteiger partial charge in [-0.15, -0.1) is 0 Å². The highest BCUT2D eigenvalue weighted by Gasteiger charge is 2.35. The van der Waals surface area contributed by atoms with Gasteiger partial charge in [0.1, 0.15) is 0 Å². The molecule has 31 heavy (non-hydrogen) atoms. The highest BCUT2D eigenvalue weighted by molar-refractivity contribution is 6.10. The Bertz CT molecular complexity index is 1120. The average molecular weight is 429 g/mol. The number of benzene rings is 2. The second-order valence-electron chi connectivity index (χ2n) is 7.07. The van der Waals surface area contributed by atoms with Crippen LogP contribution in [0.2, 0.25) is 0 Å². The van der Waals surface area contributed by atoms with Crippen LogP contribution in [0.5, 0.6) is 0 Å². The molecule has 2 heterocycles. The minimum Gasteiger partial charge on any atom is -0.443 e. The zero-order valence-corrected chi connectivity index (χ0v) is 16.3. The van der Waals surface area contributed by atoms with Gasteiger partial charge in [-0.1, -0.05) is 30.3 Å². The van der Waals surface area contributed by atoms with Crippen molar-refractivity contribution < 1.29 is 27.2 Å². The fraction of sp³-hybridized carbons (Fsp3) is 0.227. The molecule has 3 aromatic rings. The number of oxazole rings is 1. The number of aromatic nitrogens is 1. The molecule has 2 aromatic carbocycles. The van der Waals surface area contributed by atoms with Gasteiger partial charge in [0.15, 0.2) is 17.8 Å². The molecule has 0 bridgehead atoms. The van der Waals surface area contributed by atoms with Crippen molar-refractivity contribution in [3.63, 3.8) is 0 Å². The monoisotopic (exact) mass is 429 g/mol. The molecule has 1 aliphatic rings. The lowest BCUT2D eigenvalue weighted by molar-refractivity contribution is -0.137. The van der Waals surface area contributed by atoms with E-state index in [1.54, 1.807) is 29.2 Å². The number of alkyl halides is 3. The molecular weight excluding hydrogens is 411 g/mol. The van der Waals surface area contributed by atoms with Crippen molar-refractivity contribution in [3.05, 3.63) is 71.7 Å². The van der Waals surface area contributed by atoms with Crippen LogP contribution in [0, 0.1) is 0 Å². The van der Waals surface area contributed by atoms with Crippen LogP contribution in [0.3, 0.4) is 0 Å². The molecule has 1 saturated heterocycles. The maximum atomic E-state index is 13.4. The van der Waals surface area contributed by atoms with Gasteiger partial charge in [-0.2, -0.15) is 13.2 Å². The Morgan fingerprint density at radius 3 is 2.42 bits per heavy atom. The van der Waals surface area contributed by atoms with E-state index in [0.717, 1.165) is 25.3 Å². The van der Waals surface area contributed by atoms with Gasteiger partial charge in [-0.05, 0) is 31.0 Å². The SMILES string of the molecule is O=C(Nc1ccccc1C(=O)N1CCCC1)c1ncoc1-c1ccccc1C(F)(F)F. The number of carbonyl (C=O) groups excluding carboxylic acids is 2. The largest absolute Gasteiger partial charge is 0.443 e. The molecule has 4 rings (SSSR count). The fourth-order valence-electron chi connectivity index (χ4n) is 3.58. The molecule has 0 unspecified atom stereocenters. The van der Waals surface area contributed by atoms with Gasteiger partial charge < -0.3 is 14.6 Å². The second kappa shape index (κ2) is 8.25. The number of likely N-dealkylation sites (tertiary alicyclic amines) is 1. The van der Waals surface area contributed by atoms with E-state index in [1.165, 1.54) is 18.2 Å². The van der Waals surface area contributed by atoms with Crippen molar-refractivity contribution >= 4 is 17.5 Å². The number of amides is 2. The van der Waals surface area contributed by atoms with Crippen molar-refractivity contribution in [1.29, 1.82) is 0 Å². The summed E-state index contributed by atoms with van der Waals surface area (Å²) in [6.07, 6.45) is -1.88. The highest BCUT2D eigenvalue weighted by atomic mass is 19.4. The fourth-order valence-corrected chi connectivity index (χ4v) is 3.58. The number of nitrogens with zero attached hydrogens (tertiary/aromatic N) is 2. The van der Waals surface area contributed by atoms with Crippen LogP contribution in [0.4, 0.5) is 18.9 Å². The van der Waals surface area contributed by atoms with Crippen molar-refractivity contribution in [1.82, 2.24) is 9.88 Å². The van der Waals surface area contributed by atoms with E-state index >= 15 is 0 Å². The van der Waals surface area contributed by atoms with Crippen molar-refractivity contribution in [3.8, 4) is 11.3 Å². The third-order valence-corrected chi connectivity index (χ3v) is 5.06. The Kier molecular flexibility index (Phi) is 5.50. The third-order valence-electron chi connectivity index (χ3n) is 5.06. The Morgan fingerprint density at radius 2 is 1.68 bits per heavy atom. The molecule has 160 valence electrons. The molecule has 2 amide bonds. The number of hydrogen-bond acceptors (Lipinski definition) is 4. The lowest BCUT2D eigenvalue weighted by Gasteiger charge is -2.18. The Morgan fingerprint density at radius 1 is 1.00 bits per heavy atom. The van der Waals surface area contributed by atoms with Crippen LogP contribution < -0.4 is 5.32 Å². The van der Waals surface area contributed by atoms with Crippen LogP contribution in [0.1, 0.15) is 39.3 Å². The zero-order chi connectivity index (χ0) is 22.0. The number of para-hydroxylation sites is 1. The van der Waals surface area contributed by atoms with Crippen LogP contribution in [0.15, 0.2) is 59.3 Å². The minimum atomic E-state index is -4.63. The number of hydrogen-bond donors (Lipinski definition) is 1. The standard InChI is InChI=1S/C22H18F3N3O3/c23-22(24,25)16-9-3-1-7-14(16)19-18(26-13-31-19)20(29)27-17-10-4-2-8-15(17)21(30)28-11-5-6-12-28/h1-4,7-10,13H,5-6,11-12H2,(H,27,29). The van der Waals surface area contributed by atoms with E-state index in [4.69, 9.17) is 4.42 Å². The van der Waals surface area contributed by atoms with E-state index in [-0.39, 0.29) is 28.6 Å². The normalized spacial score (nSPS) is 14.0. The quantitative estimate of drug-likeness (QED) is 0.644. The topological polar surface area (TPSA) is 75.4 Å². The Labute approximate surface area is 175 Å². The number of nitrogens with one attached hydrogen (secondary N) is 1. The first kappa shape index (κ1) is 20.6. The van der Waals surface area contributed by atoms with Crippen molar-refractivity contribution in [2.75, 3.05) is 18.4 Å². The lowest BCUT2D eigenvalue weighted by Crippen LogP contribution is -2.28. The molecule has 6 nitrogen and oxygen atoms in total. The summed E-state index contributed by atoms with van der Waals surface area (Å²) in [6, 6.07) is 11.3. The zero-order valence-electron chi connectivity index (χ0n) is 16.3. The van der Waals surface area contributed by atoms with Gasteiger partial charge >= 0.3 is 6.18 Å². The smallest absolute Gasteiger partial charge is 0.417 e. The lowest BCUT2D eigenvalue weighted by atomic mass is 10.0. The van der Waals surface area contributed by atoms with Gasteiger partial charge in [-0.3, -0.25) is 9.59 Å². The molecule has 0 atom stereocenters. The minimum absolute atomic E-state index is 0.212. The summed E-state index contributed by atoms with van der Waals surface area (Å²) in [5, 5.41) is 2.60. The third kappa shape index (κ3) is 4.16. The van der Waals surface area contributed by atoms with Crippen molar-refractivity contribution in [2.45, 2.75) is 19.0 Å². The number of halogens is 3. The number of rotatable bonds is 4. The predicted molar refractivity (Wildman–Crippen MR) is 106 cm³/mol. The summed E-state index contributed by atoms with van der Waals surface area (Å²) in [7, 11) is 0. The van der Waals surface area contributed by atoms with Crippen LogP contribution in [-0.4, -0.2) is 34.8 Å². The molecule has 1 aliphatic heterocycles. The highest BCUT2D eigenvalue weighted by Crippen LogP contribution is 2.38. The van der Waals surface area contributed by atoms with Gasteiger partial charge in [-0.25, -0.2) is 4.98 Å². The van der Waals surface area contributed by atoms with Gasteiger partial charge in [0.2, 0.25) is 0 Å². The summed E-state index contributed by atoms with van der Waals surface area (Å²) >= 11 is 0. The van der Waals surface area contributed by atoms with Crippen LogP contribution in [-0.2, 0) is 6.18 Å². The first-order valence-corrected chi connectivity index (χ1v) is 9.66. The first-order valence-electron chi connectivity index (χ1n) is 9.66. The maximum absolute atomic E-state index is 13.4. The molecular formula is C22H18F3N3O3. The summed E-state index contributed by atoms with van der Waals surface area (Å²) in [4.78, 5) is 31.2. The Hall–Kier alpha value is -3.62. The molecule has 1 fully saturated rings. The van der Waals surface area contributed by atoms with E-state index in [1.807, 2.05) is 0 Å². The van der Waals surface area contributed by atoms with E-state index < -0.39 is 17.6 Å². The molecule has 0 saturated carbocycles. The summed E-state index contributed by atoms with van der Waals surface area (Å²) in [6.45, 7) is 1.28. The van der Waals surface area contributed by atoms with Crippen LogP contribution in [0.25, 0.3) is 11.3 Å². The summed E-state index contributed by atoms with van der Waals surface area (Å²) in [5.41, 5.74) is -0.981. The molecule has 0 radical (unpaired) electrons. The van der Waals surface area contributed by atoms with Gasteiger partial charge in [0.05, 0.1) is 16.8 Å². The van der Waals surface area contributed by atoms with Crippen molar-refractivity contribution in [2.24, 2.45) is 0 Å². The average Bonchev–Trinajstić information content (AvgIpc) is 3.45. The first-order chi connectivity index (χ1) is 14.9. The van der Waals surface area contributed by atoms with E-state index in [2.05, 4.69) is 10.3 Å². The van der Waals surface area contributed by atoms with E-state index in [9.17, 15) is 22.8 Å². The van der Waals surface area contributed by atoms with E-state index in [0.29, 0.717) is 18.7 Å². The molecule has 9 heteroatoms. The maximum Gasteiger partial charge on any atom is 0.417 e.